The van der Waals surface area contributed by atoms with Gasteiger partial charge in [-0.2, -0.15) is 9.97 Å². The highest BCUT2D eigenvalue weighted by atomic mass is 16.5. The van der Waals surface area contributed by atoms with E-state index >= 15 is 0 Å². The second-order valence-corrected chi connectivity index (χ2v) is 4.34. The minimum absolute atomic E-state index is 0.175. The maximum absolute atomic E-state index is 5.85. The number of aryl methyl sites for hydroxylation is 1. The molecule has 17 heavy (non-hydrogen) atoms. The molecular formula is C12H19N3O2. The van der Waals surface area contributed by atoms with Crippen molar-refractivity contribution < 1.29 is 9.47 Å². The molecule has 2 N–H and O–H groups in total. The van der Waals surface area contributed by atoms with Crippen molar-refractivity contribution in [3.05, 3.63) is 11.9 Å². The standard InChI is InChI=1S/C12H19N3O2/c1-3-16-11-7-12(15-8(2)14-11)17-10-5-4-9(13)6-10/h7,9-10H,3-6,13H2,1-2H3. The van der Waals surface area contributed by atoms with Gasteiger partial charge in [0.15, 0.2) is 0 Å². The molecule has 2 rings (SSSR count). The summed E-state index contributed by atoms with van der Waals surface area (Å²) < 4.78 is 11.2. The van der Waals surface area contributed by atoms with Gasteiger partial charge in [0, 0.05) is 6.04 Å². The van der Waals surface area contributed by atoms with E-state index in [2.05, 4.69) is 9.97 Å². The molecule has 0 saturated heterocycles. The summed E-state index contributed by atoms with van der Waals surface area (Å²) >= 11 is 0. The van der Waals surface area contributed by atoms with Gasteiger partial charge in [-0.15, -0.1) is 0 Å². The fraction of sp³-hybridized carbons (Fsp3) is 0.667. The Labute approximate surface area is 101 Å². The van der Waals surface area contributed by atoms with Crippen LogP contribution in [0.3, 0.4) is 0 Å². The summed E-state index contributed by atoms with van der Waals surface area (Å²) in [6.45, 7) is 4.34. The van der Waals surface area contributed by atoms with Crippen LogP contribution in [0, 0.1) is 6.92 Å². The van der Waals surface area contributed by atoms with E-state index < -0.39 is 0 Å². The largest absolute Gasteiger partial charge is 0.478 e. The van der Waals surface area contributed by atoms with Gasteiger partial charge in [0.2, 0.25) is 11.8 Å². The Hall–Kier alpha value is -1.36. The maximum Gasteiger partial charge on any atom is 0.220 e. The van der Waals surface area contributed by atoms with Crippen LogP contribution in [-0.4, -0.2) is 28.7 Å². The van der Waals surface area contributed by atoms with Crippen LogP contribution in [-0.2, 0) is 0 Å². The van der Waals surface area contributed by atoms with Crippen LogP contribution < -0.4 is 15.2 Å². The van der Waals surface area contributed by atoms with Crippen LogP contribution in [0.5, 0.6) is 11.8 Å². The molecule has 0 amide bonds. The van der Waals surface area contributed by atoms with E-state index in [0.29, 0.717) is 24.2 Å². The van der Waals surface area contributed by atoms with Crippen LogP contribution in [0.15, 0.2) is 6.07 Å². The van der Waals surface area contributed by atoms with Gasteiger partial charge in [-0.05, 0) is 33.1 Å². The second-order valence-electron chi connectivity index (χ2n) is 4.34. The third-order valence-corrected chi connectivity index (χ3v) is 2.80. The zero-order valence-corrected chi connectivity index (χ0v) is 10.3. The van der Waals surface area contributed by atoms with Crippen LogP contribution in [0.25, 0.3) is 0 Å². The van der Waals surface area contributed by atoms with Gasteiger partial charge < -0.3 is 15.2 Å². The summed E-state index contributed by atoms with van der Waals surface area (Å²) in [7, 11) is 0. The van der Waals surface area contributed by atoms with E-state index in [4.69, 9.17) is 15.2 Å². The molecule has 0 bridgehead atoms. The van der Waals surface area contributed by atoms with Crippen molar-refractivity contribution in [2.75, 3.05) is 6.61 Å². The molecule has 1 aromatic rings. The SMILES string of the molecule is CCOc1cc(OC2CCC(N)C2)nc(C)n1. The molecule has 5 heteroatoms. The quantitative estimate of drug-likeness (QED) is 0.858. The minimum atomic E-state index is 0.175. The molecule has 1 fully saturated rings. The van der Waals surface area contributed by atoms with E-state index in [9.17, 15) is 0 Å². The third-order valence-electron chi connectivity index (χ3n) is 2.80. The van der Waals surface area contributed by atoms with Crippen molar-refractivity contribution in [1.29, 1.82) is 0 Å². The van der Waals surface area contributed by atoms with Crippen molar-refractivity contribution in [3.8, 4) is 11.8 Å². The molecule has 0 spiro atoms. The van der Waals surface area contributed by atoms with Crippen molar-refractivity contribution >= 4 is 0 Å². The minimum Gasteiger partial charge on any atom is -0.478 e. The predicted octanol–water partition coefficient (Wildman–Crippen LogP) is 1.44. The molecular weight excluding hydrogens is 218 g/mol. The predicted molar refractivity (Wildman–Crippen MR) is 64.2 cm³/mol. The van der Waals surface area contributed by atoms with E-state index in [1.54, 1.807) is 6.07 Å². The summed E-state index contributed by atoms with van der Waals surface area (Å²) in [5, 5.41) is 0. The fourth-order valence-electron chi connectivity index (χ4n) is 2.05. The molecule has 0 aromatic carbocycles. The lowest BCUT2D eigenvalue weighted by Gasteiger charge is -2.13. The number of hydrogen-bond acceptors (Lipinski definition) is 5. The molecule has 1 aromatic heterocycles. The Morgan fingerprint density at radius 3 is 2.76 bits per heavy atom. The van der Waals surface area contributed by atoms with E-state index in [-0.39, 0.29) is 12.1 Å². The number of nitrogens with zero attached hydrogens (tertiary/aromatic N) is 2. The maximum atomic E-state index is 5.85. The molecule has 5 nitrogen and oxygen atoms in total. The van der Waals surface area contributed by atoms with Crippen molar-refractivity contribution in [2.45, 2.75) is 45.3 Å². The summed E-state index contributed by atoms with van der Waals surface area (Å²) in [5.41, 5.74) is 5.85. The molecule has 2 unspecified atom stereocenters. The highest BCUT2D eigenvalue weighted by molar-refractivity contribution is 5.21. The number of rotatable bonds is 4. The Balaban J connectivity index is 2.04. The molecule has 1 aliphatic carbocycles. The van der Waals surface area contributed by atoms with Crippen molar-refractivity contribution in [1.82, 2.24) is 9.97 Å². The average molecular weight is 237 g/mol. The highest BCUT2D eigenvalue weighted by Gasteiger charge is 2.23. The van der Waals surface area contributed by atoms with Gasteiger partial charge in [-0.1, -0.05) is 0 Å². The van der Waals surface area contributed by atoms with Gasteiger partial charge in [0.1, 0.15) is 11.9 Å². The lowest BCUT2D eigenvalue weighted by Crippen LogP contribution is -2.19. The first-order valence-electron chi connectivity index (χ1n) is 6.08. The zero-order valence-electron chi connectivity index (χ0n) is 10.3. The molecule has 1 aliphatic rings. The average Bonchev–Trinajstić information content (AvgIpc) is 2.63. The van der Waals surface area contributed by atoms with Crippen LogP contribution >= 0.6 is 0 Å². The number of ether oxygens (including phenoxy) is 2. The van der Waals surface area contributed by atoms with Crippen LogP contribution in [0.2, 0.25) is 0 Å². The number of nitrogens with two attached hydrogens (primary N) is 1. The number of aromatic nitrogens is 2. The Bertz CT molecular complexity index is 384. The van der Waals surface area contributed by atoms with E-state index in [1.165, 1.54) is 0 Å². The van der Waals surface area contributed by atoms with Gasteiger partial charge in [0.05, 0.1) is 12.7 Å². The monoisotopic (exact) mass is 237 g/mol. The van der Waals surface area contributed by atoms with Gasteiger partial charge in [-0.25, -0.2) is 0 Å². The lowest BCUT2D eigenvalue weighted by molar-refractivity contribution is 0.197. The first-order chi connectivity index (χ1) is 8.17. The zero-order chi connectivity index (χ0) is 12.3. The van der Waals surface area contributed by atoms with Crippen molar-refractivity contribution in [3.63, 3.8) is 0 Å². The lowest BCUT2D eigenvalue weighted by atomic mass is 10.3. The number of hydrogen-bond donors (Lipinski definition) is 1. The van der Waals surface area contributed by atoms with E-state index in [0.717, 1.165) is 19.3 Å². The Morgan fingerprint density at radius 1 is 1.35 bits per heavy atom. The Morgan fingerprint density at radius 2 is 2.12 bits per heavy atom. The first kappa shape index (κ1) is 12.1. The summed E-state index contributed by atoms with van der Waals surface area (Å²) in [6.07, 6.45) is 3.09. The normalized spacial score (nSPS) is 23.7. The molecule has 1 saturated carbocycles. The van der Waals surface area contributed by atoms with Crippen LogP contribution in [0.4, 0.5) is 0 Å². The Kier molecular flexibility index (Phi) is 3.78. The van der Waals surface area contributed by atoms with Crippen molar-refractivity contribution in [2.24, 2.45) is 5.73 Å². The van der Waals surface area contributed by atoms with Gasteiger partial charge in [-0.3, -0.25) is 0 Å². The molecule has 94 valence electrons. The molecule has 2 atom stereocenters. The smallest absolute Gasteiger partial charge is 0.220 e. The molecule has 1 heterocycles. The third kappa shape index (κ3) is 3.30. The molecule has 0 aliphatic heterocycles. The fourth-order valence-corrected chi connectivity index (χ4v) is 2.05. The van der Waals surface area contributed by atoms with Crippen LogP contribution in [0.1, 0.15) is 32.0 Å². The summed E-state index contributed by atoms with van der Waals surface area (Å²) in [4.78, 5) is 8.43. The summed E-state index contributed by atoms with van der Waals surface area (Å²) in [6, 6.07) is 2.00. The summed E-state index contributed by atoms with van der Waals surface area (Å²) in [5.74, 6) is 1.81. The second kappa shape index (κ2) is 5.31. The van der Waals surface area contributed by atoms with Gasteiger partial charge >= 0.3 is 0 Å². The topological polar surface area (TPSA) is 70.3 Å². The van der Waals surface area contributed by atoms with E-state index in [1.807, 2.05) is 13.8 Å². The molecule has 0 radical (unpaired) electrons. The first-order valence-corrected chi connectivity index (χ1v) is 6.08. The highest BCUT2D eigenvalue weighted by Crippen LogP contribution is 2.24. The van der Waals surface area contributed by atoms with Gasteiger partial charge in [0.25, 0.3) is 0 Å².